The molecule has 3 rings (SSSR count). The first kappa shape index (κ1) is 14.8. The van der Waals surface area contributed by atoms with E-state index in [4.69, 9.17) is 0 Å². The lowest BCUT2D eigenvalue weighted by Crippen LogP contribution is -2.59. The van der Waals surface area contributed by atoms with Crippen LogP contribution in [0.2, 0.25) is 0 Å². The van der Waals surface area contributed by atoms with Crippen LogP contribution in [0.3, 0.4) is 0 Å². The number of piperazine rings is 1. The van der Waals surface area contributed by atoms with Gasteiger partial charge in [0.1, 0.15) is 0 Å². The monoisotopic (exact) mass is 278 g/mol. The fourth-order valence-electron chi connectivity index (χ4n) is 4.97. The van der Waals surface area contributed by atoms with Crippen LogP contribution in [-0.2, 0) is 0 Å². The van der Waals surface area contributed by atoms with Crippen LogP contribution in [0.1, 0.15) is 65.7 Å². The maximum absolute atomic E-state index is 2.89. The molecular formula is C18H34N2. The SMILES string of the molecule is CC(C)C1CN2CCCC2CN1CC1(C)CCCCC1. The smallest absolute Gasteiger partial charge is 0.0247 e. The average Bonchev–Trinajstić information content (AvgIpc) is 2.85. The van der Waals surface area contributed by atoms with Crippen LogP contribution in [0.4, 0.5) is 0 Å². The summed E-state index contributed by atoms with van der Waals surface area (Å²) in [6.45, 7) is 12.8. The summed E-state index contributed by atoms with van der Waals surface area (Å²) in [5.74, 6) is 0.795. The Morgan fingerprint density at radius 3 is 2.50 bits per heavy atom. The predicted molar refractivity (Wildman–Crippen MR) is 86.0 cm³/mol. The molecule has 3 fully saturated rings. The van der Waals surface area contributed by atoms with Crippen LogP contribution in [0.25, 0.3) is 0 Å². The third-order valence-corrected chi connectivity index (χ3v) is 6.25. The molecule has 3 aliphatic rings. The topological polar surface area (TPSA) is 6.48 Å². The minimum atomic E-state index is 0.603. The first-order valence-corrected chi connectivity index (χ1v) is 9.05. The maximum Gasteiger partial charge on any atom is 0.0247 e. The van der Waals surface area contributed by atoms with Crippen molar-refractivity contribution >= 4 is 0 Å². The van der Waals surface area contributed by atoms with E-state index < -0.39 is 0 Å². The fraction of sp³-hybridized carbons (Fsp3) is 1.00. The van der Waals surface area contributed by atoms with Crippen molar-refractivity contribution in [2.45, 2.75) is 77.8 Å². The van der Waals surface area contributed by atoms with Crippen LogP contribution in [0.5, 0.6) is 0 Å². The van der Waals surface area contributed by atoms with Crippen molar-refractivity contribution in [1.29, 1.82) is 0 Å². The highest BCUT2D eigenvalue weighted by Crippen LogP contribution is 2.38. The van der Waals surface area contributed by atoms with E-state index in [0.29, 0.717) is 5.41 Å². The van der Waals surface area contributed by atoms with Crippen molar-refractivity contribution in [2.75, 3.05) is 26.2 Å². The average molecular weight is 278 g/mol. The Balaban J connectivity index is 1.68. The van der Waals surface area contributed by atoms with E-state index in [2.05, 4.69) is 30.6 Å². The summed E-state index contributed by atoms with van der Waals surface area (Å²) in [6, 6.07) is 1.67. The zero-order chi connectivity index (χ0) is 14.2. The summed E-state index contributed by atoms with van der Waals surface area (Å²) in [7, 11) is 0. The van der Waals surface area contributed by atoms with E-state index in [0.717, 1.165) is 18.0 Å². The predicted octanol–water partition coefficient (Wildman–Crippen LogP) is 3.76. The molecule has 2 nitrogen and oxygen atoms in total. The molecule has 20 heavy (non-hydrogen) atoms. The van der Waals surface area contributed by atoms with Crippen LogP contribution in [0, 0.1) is 11.3 Å². The van der Waals surface area contributed by atoms with Crippen molar-refractivity contribution in [3.05, 3.63) is 0 Å². The van der Waals surface area contributed by atoms with Gasteiger partial charge in [-0.05, 0) is 43.6 Å². The van der Waals surface area contributed by atoms with Gasteiger partial charge in [-0.15, -0.1) is 0 Å². The van der Waals surface area contributed by atoms with Gasteiger partial charge in [-0.3, -0.25) is 9.80 Å². The molecule has 0 aromatic carbocycles. The first-order chi connectivity index (χ1) is 9.57. The first-order valence-electron chi connectivity index (χ1n) is 9.05. The summed E-state index contributed by atoms with van der Waals surface area (Å²) in [5, 5.41) is 0. The van der Waals surface area contributed by atoms with Crippen molar-refractivity contribution in [3.63, 3.8) is 0 Å². The summed E-state index contributed by atoms with van der Waals surface area (Å²) in [5.41, 5.74) is 0.603. The molecule has 2 saturated heterocycles. The standard InChI is InChI=1S/C18H34N2/c1-15(2)17-13-19-11-7-8-16(19)12-20(17)14-18(3)9-5-4-6-10-18/h15-17H,4-14H2,1-3H3. The minimum absolute atomic E-state index is 0.603. The van der Waals surface area contributed by atoms with Gasteiger partial charge in [-0.25, -0.2) is 0 Å². The molecular weight excluding hydrogens is 244 g/mol. The molecule has 0 aromatic rings. The lowest BCUT2D eigenvalue weighted by Gasteiger charge is -2.49. The zero-order valence-electron chi connectivity index (χ0n) is 13.9. The summed E-state index contributed by atoms with van der Waals surface area (Å²) in [6.07, 6.45) is 10.2. The van der Waals surface area contributed by atoms with Crippen LogP contribution >= 0.6 is 0 Å². The molecule has 1 saturated carbocycles. The Kier molecular flexibility index (Phi) is 4.42. The van der Waals surface area contributed by atoms with E-state index >= 15 is 0 Å². The van der Waals surface area contributed by atoms with Gasteiger partial charge in [0.2, 0.25) is 0 Å². The summed E-state index contributed by atoms with van der Waals surface area (Å²) in [4.78, 5) is 5.67. The van der Waals surface area contributed by atoms with E-state index in [1.165, 1.54) is 71.1 Å². The second-order valence-corrected chi connectivity index (χ2v) is 8.40. The minimum Gasteiger partial charge on any atom is -0.298 e. The van der Waals surface area contributed by atoms with Gasteiger partial charge in [0.25, 0.3) is 0 Å². The Labute approximate surface area is 125 Å². The van der Waals surface area contributed by atoms with Gasteiger partial charge in [0, 0.05) is 31.7 Å². The second kappa shape index (κ2) is 5.96. The molecule has 2 aliphatic heterocycles. The summed E-state index contributed by atoms with van der Waals surface area (Å²) >= 11 is 0. The molecule has 2 heteroatoms. The zero-order valence-corrected chi connectivity index (χ0v) is 13.9. The number of nitrogens with zero attached hydrogens (tertiary/aromatic N) is 2. The Bertz CT molecular complexity index is 319. The highest BCUT2D eigenvalue weighted by atomic mass is 15.3. The third kappa shape index (κ3) is 3.06. The Morgan fingerprint density at radius 2 is 1.80 bits per heavy atom. The van der Waals surface area contributed by atoms with E-state index in [1.807, 2.05) is 0 Å². The van der Waals surface area contributed by atoms with Gasteiger partial charge in [-0.2, -0.15) is 0 Å². The quantitative estimate of drug-likeness (QED) is 0.775. The van der Waals surface area contributed by atoms with E-state index in [9.17, 15) is 0 Å². The number of rotatable bonds is 3. The van der Waals surface area contributed by atoms with Gasteiger partial charge in [0.15, 0.2) is 0 Å². The summed E-state index contributed by atoms with van der Waals surface area (Å²) < 4.78 is 0. The van der Waals surface area contributed by atoms with Crippen molar-refractivity contribution in [2.24, 2.45) is 11.3 Å². The number of hydrogen-bond acceptors (Lipinski definition) is 2. The Morgan fingerprint density at radius 1 is 1.05 bits per heavy atom. The van der Waals surface area contributed by atoms with E-state index in [1.54, 1.807) is 0 Å². The van der Waals surface area contributed by atoms with Gasteiger partial charge >= 0.3 is 0 Å². The van der Waals surface area contributed by atoms with Crippen molar-refractivity contribution in [3.8, 4) is 0 Å². The molecule has 2 heterocycles. The molecule has 2 atom stereocenters. The van der Waals surface area contributed by atoms with Crippen LogP contribution in [-0.4, -0.2) is 48.1 Å². The van der Waals surface area contributed by atoms with Crippen LogP contribution in [0.15, 0.2) is 0 Å². The lowest BCUT2D eigenvalue weighted by molar-refractivity contribution is -0.00449. The van der Waals surface area contributed by atoms with Gasteiger partial charge < -0.3 is 0 Å². The highest BCUT2D eigenvalue weighted by molar-refractivity contribution is 4.95. The fourth-order valence-corrected chi connectivity index (χ4v) is 4.97. The third-order valence-electron chi connectivity index (χ3n) is 6.25. The molecule has 0 bridgehead atoms. The highest BCUT2D eigenvalue weighted by Gasteiger charge is 2.40. The normalized spacial score (nSPS) is 35.4. The number of hydrogen-bond donors (Lipinski definition) is 0. The van der Waals surface area contributed by atoms with Gasteiger partial charge in [-0.1, -0.05) is 40.0 Å². The Hall–Kier alpha value is -0.0800. The molecule has 0 radical (unpaired) electrons. The molecule has 116 valence electrons. The molecule has 2 unspecified atom stereocenters. The molecule has 0 spiro atoms. The molecule has 0 aromatic heterocycles. The van der Waals surface area contributed by atoms with E-state index in [-0.39, 0.29) is 0 Å². The number of fused-ring (bicyclic) bond motifs is 1. The molecule has 0 N–H and O–H groups in total. The lowest BCUT2D eigenvalue weighted by atomic mass is 9.74. The largest absolute Gasteiger partial charge is 0.298 e. The van der Waals surface area contributed by atoms with Gasteiger partial charge in [0.05, 0.1) is 0 Å². The second-order valence-electron chi connectivity index (χ2n) is 8.40. The van der Waals surface area contributed by atoms with Crippen LogP contribution < -0.4 is 0 Å². The van der Waals surface area contributed by atoms with Crippen molar-refractivity contribution < 1.29 is 0 Å². The maximum atomic E-state index is 2.89. The van der Waals surface area contributed by atoms with Crippen molar-refractivity contribution in [1.82, 2.24) is 9.80 Å². The molecule has 1 aliphatic carbocycles. The molecule has 0 amide bonds.